The monoisotopic (exact) mass is 307 g/mol. The summed E-state index contributed by atoms with van der Waals surface area (Å²) in [5, 5.41) is 10.9. The molecule has 0 bridgehead atoms. The van der Waals surface area contributed by atoms with Crippen LogP contribution >= 0.6 is 0 Å². The van der Waals surface area contributed by atoms with Crippen LogP contribution in [0.2, 0.25) is 0 Å². The number of benzene rings is 3. The van der Waals surface area contributed by atoms with Gasteiger partial charge in [-0.3, -0.25) is 0 Å². The van der Waals surface area contributed by atoms with Crippen molar-refractivity contribution in [3.05, 3.63) is 71.3 Å². The third-order valence-electron chi connectivity index (χ3n) is 3.93. The van der Waals surface area contributed by atoms with E-state index in [2.05, 4.69) is 19.1 Å². The van der Waals surface area contributed by atoms with E-state index in [0.29, 0.717) is 5.56 Å². The highest BCUT2D eigenvalue weighted by Crippen LogP contribution is 2.28. The van der Waals surface area contributed by atoms with E-state index in [0.717, 1.165) is 29.2 Å². The van der Waals surface area contributed by atoms with Gasteiger partial charge in [0.1, 0.15) is 23.3 Å². The Labute approximate surface area is 133 Å². The van der Waals surface area contributed by atoms with E-state index in [1.54, 1.807) is 6.07 Å². The highest BCUT2D eigenvalue weighted by atomic mass is 19.1. The van der Waals surface area contributed by atoms with Crippen LogP contribution in [0.4, 0.5) is 8.78 Å². The van der Waals surface area contributed by atoms with Crippen LogP contribution in [-0.4, -0.2) is 0 Å². The zero-order chi connectivity index (χ0) is 16.4. The van der Waals surface area contributed by atoms with Gasteiger partial charge in [-0.1, -0.05) is 43.7 Å². The molecular formula is C20H15F2N. The Morgan fingerprint density at radius 3 is 2.17 bits per heavy atom. The van der Waals surface area contributed by atoms with Gasteiger partial charge in [0, 0.05) is 0 Å². The summed E-state index contributed by atoms with van der Waals surface area (Å²) in [5.74, 6) is -1.67. The van der Waals surface area contributed by atoms with Gasteiger partial charge in [0.25, 0.3) is 0 Å². The highest BCUT2D eigenvalue weighted by Gasteiger charge is 2.12. The first-order valence-electron chi connectivity index (χ1n) is 7.54. The number of hydrogen-bond acceptors (Lipinski definition) is 1. The van der Waals surface area contributed by atoms with E-state index >= 15 is 0 Å². The first-order valence-corrected chi connectivity index (χ1v) is 7.54. The summed E-state index contributed by atoms with van der Waals surface area (Å²) in [5.41, 5.74) is 1.89. The predicted molar refractivity (Wildman–Crippen MR) is 88.0 cm³/mol. The normalized spacial score (nSPS) is 10.7. The molecule has 3 heteroatoms. The molecule has 0 aliphatic carbocycles. The maximum atomic E-state index is 13.8. The molecule has 0 heterocycles. The molecule has 0 atom stereocenters. The molecule has 0 radical (unpaired) electrons. The fourth-order valence-electron chi connectivity index (χ4n) is 2.77. The number of nitrogens with zero attached hydrogens (tertiary/aromatic N) is 1. The van der Waals surface area contributed by atoms with E-state index in [4.69, 9.17) is 5.26 Å². The molecule has 3 aromatic carbocycles. The van der Waals surface area contributed by atoms with Crippen LogP contribution in [0.15, 0.2) is 48.5 Å². The smallest absolute Gasteiger partial charge is 0.144 e. The zero-order valence-electron chi connectivity index (χ0n) is 12.7. The van der Waals surface area contributed by atoms with Crippen molar-refractivity contribution in [1.82, 2.24) is 0 Å². The lowest BCUT2D eigenvalue weighted by atomic mass is 9.98. The fourth-order valence-corrected chi connectivity index (χ4v) is 2.77. The van der Waals surface area contributed by atoms with E-state index in [1.165, 1.54) is 17.7 Å². The quantitative estimate of drug-likeness (QED) is 0.617. The molecule has 0 unspecified atom stereocenters. The van der Waals surface area contributed by atoms with Crippen molar-refractivity contribution >= 4 is 10.8 Å². The summed E-state index contributed by atoms with van der Waals surface area (Å²) in [6, 6.07) is 15.9. The van der Waals surface area contributed by atoms with Crippen molar-refractivity contribution in [2.75, 3.05) is 0 Å². The van der Waals surface area contributed by atoms with Crippen molar-refractivity contribution in [1.29, 1.82) is 5.26 Å². The van der Waals surface area contributed by atoms with E-state index in [1.807, 2.05) is 24.3 Å². The second kappa shape index (κ2) is 6.18. The summed E-state index contributed by atoms with van der Waals surface area (Å²) in [7, 11) is 0. The summed E-state index contributed by atoms with van der Waals surface area (Å²) < 4.78 is 27.6. The van der Waals surface area contributed by atoms with Crippen LogP contribution in [-0.2, 0) is 6.42 Å². The zero-order valence-corrected chi connectivity index (χ0v) is 12.7. The molecule has 0 N–H and O–H groups in total. The largest absolute Gasteiger partial charge is 0.205 e. The minimum absolute atomic E-state index is 0.429. The number of halogens is 2. The van der Waals surface area contributed by atoms with E-state index < -0.39 is 17.2 Å². The fraction of sp³-hybridized carbons (Fsp3) is 0.150. The molecule has 0 spiro atoms. The molecule has 0 amide bonds. The highest BCUT2D eigenvalue weighted by molar-refractivity contribution is 5.88. The lowest BCUT2D eigenvalue weighted by Gasteiger charge is -2.07. The summed E-state index contributed by atoms with van der Waals surface area (Å²) in [4.78, 5) is 0. The number of nitriles is 1. The molecule has 0 saturated carbocycles. The third-order valence-corrected chi connectivity index (χ3v) is 3.93. The van der Waals surface area contributed by atoms with Gasteiger partial charge in [0.2, 0.25) is 0 Å². The topological polar surface area (TPSA) is 23.8 Å². The maximum absolute atomic E-state index is 13.8. The molecule has 0 aliphatic rings. The van der Waals surface area contributed by atoms with Crippen LogP contribution in [0.5, 0.6) is 0 Å². The molecule has 114 valence electrons. The lowest BCUT2D eigenvalue weighted by Crippen LogP contribution is -1.92. The number of rotatable bonds is 3. The third kappa shape index (κ3) is 2.93. The molecule has 0 saturated heterocycles. The second-order valence-corrected chi connectivity index (χ2v) is 5.57. The number of hydrogen-bond donors (Lipinski definition) is 0. The van der Waals surface area contributed by atoms with Crippen LogP contribution in [0, 0.1) is 23.0 Å². The summed E-state index contributed by atoms with van der Waals surface area (Å²) >= 11 is 0. The van der Waals surface area contributed by atoms with Gasteiger partial charge in [-0.2, -0.15) is 5.26 Å². The average molecular weight is 307 g/mol. The predicted octanol–water partition coefficient (Wildman–Crippen LogP) is 5.61. The van der Waals surface area contributed by atoms with Crippen molar-refractivity contribution in [2.24, 2.45) is 0 Å². The molecular weight excluding hydrogens is 292 g/mol. The van der Waals surface area contributed by atoms with Gasteiger partial charge in [0.15, 0.2) is 0 Å². The molecule has 3 aromatic rings. The molecule has 1 nitrogen and oxygen atoms in total. The SMILES string of the molecule is CCCc1ccc2cc(-c3cc(F)c(C#N)c(F)c3)ccc2c1. The number of fused-ring (bicyclic) bond motifs is 1. The van der Waals surface area contributed by atoms with E-state index in [-0.39, 0.29) is 0 Å². The lowest BCUT2D eigenvalue weighted by molar-refractivity contribution is 0.577. The molecule has 0 fully saturated rings. The second-order valence-electron chi connectivity index (χ2n) is 5.57. The minimum atomic E-state index is -0.833. The Hall–Kier alpha value is -2.73. The Morgan fingerprint density at radius 2 is 1.52 bits per heavy atom. The van der Waals surface area contributed by atoms with Crippen LogP contribution in [0.1, 0.15) is 24.5 Å². The average Bonchev–Trinajstić information content (AvgIpc) is 2.54. The van der Waals surface area contributed by atoms with Gasteiger partial charge in [-0.05, 0) is 52.1 Å². The molecule has 0 aromatic heterocycles. The van der Waals surface area contributed by atoms with Gasteiger partial charge in [-0.15, -0.1) is 0 Å². The van der Waals surface area contributed by atoms with Crippen LogP contribution in [0.25, 0.3) is 21.9 Å². The van der Waals surface area contributed by atoms with Crippen LogP contribution < -0.4 is 0 Å². The van der Waals surface area contributed by atoms with Crippen molar-refractivity contribution < 1.29 is 8.78 Å². The van der Waals surface area contributed by atoms with Crippen molar-refractivity contribution in [2.45, 2.75) is 19.8 Å². The van der Waals surface area contributed by atoms with Crippen molar-refractivity contribution in [3.63, 3.8) is 0 Å². The maximum Gasteiger partial charge on any atom is 0.144 e. The van der Waals surface area contributed by atoms with Gasteiger partial charge in [-0.25, -0.2) is 8.78 Å². The number of aryl methyl sites for hydroxylation is 1. The summed E-state index contributed by atoms with van der Waals surface area (Å²) in [6.45, 7) is 2.14. The molecule has 23 heavy (non-hydrogen) atoms. The first-order chi connectivity index (χ1) is 11.1. The first kappa shape index (κ1) is 15.2. The molecule has 3 rings (SSSR count). The van der Waals surface area contributed by atoms with Crippen LogP contribution in [0.3, 0.4) is 0 Å². The van der Waals surface area contributed by atoms with Gasteiger partial charge in [0.05, 0.1) is 0 Å². The van der Waals surface area contributed by atoms with E-state index in [9.17, 15) is 8.78 Å². The Kier molecular flexibility index (Phi) is 4.08. The Bertz CT molecular complexity index is 900. The van der Waals surface area contributed by atoms with Crippen molar-refractivity contribution in [3.8, 4) is 17.2 Å². The Balaban J connectivity index is 2.07. The summed E-state index contributed by atoms with van der Waals surface area (Å²) in [6.07, 6.45) is 2.12. The minimum Gasteiger partial charge on any atom is -0.205 e. The molecule has 0 aliphatic heterocycles. The van der Waals surface area contributed by atoms with Gasteiger partial charge < -0.3 is 0 Å². The van der Waals surface area contributed by atoms with Gasteiger partial charge >= 0.3 is 0 Å². The Morgan fingerprint density at radius 1 is 0.870 bits per heavy atom. The standard InChI is InChI=1S/C20H15F2N/c1-2-3-13-4-5-15-9-16(7-6-14(15)8-13)17-10-19(21)18(12-23)20(22)11-17/h4-11H,2-3H2,1H3.